The van der Waals surface area contributed by atoms with E-state index in [2.05, 4.69) is 20.9 Å². The molecule has 0 aliphatic rings. The van der Waals surface area contributed by atoms with Crippen molar-refractivity contribution in [1.82, 2.24) is 20.3 Å². The second kappa shape index (κ2) is 7.53. The number of aryl methyl sites for hydroxylation is 1. The van der Waals surface area contributed by atoms with E-state index in [-0.39, 0.29) is 24.3 Å². The first-order valence-electron chi connectivity index (χ1n) is 7.47. The van der Waals surface area contributed by atoms with Gasteiger partial charge in [0.15, 0.2) is 5.82 Å². The van der Waals surface area contributed by atoms with Crippen molar-refractivity contribution in [1.29, 1.82) is 0 Å². The van der Waals surface area contributed by atoms with Crippen LogP contribution in [0.2, 0.25) is 0 Å². The van der Waals surface area contributed by atoms with E-state index in [1.165, 1.54) is 16.4 Å². The van der Waals surface area contributed by atoms with Gasteiger partial charge in [-0.1, -0.05) is 48.9 Å². The number of benzene rings is 1. The zero-order valence-electron chi connectivity index (χ0n) is 13.5. The lowest BCUT2D eigenvalue weighted by atomic mass is 10.1. The van der Waals surface area contributed by atoms with E-state index in [0.717, 1.165) is 5.56 Å². The Kier molecular flexibility index (Phi) is 5.46. The first-order chi connectivity index (χ1) is 10.9. The molecule has 2 rings (SSSR count). The molecular weight excluding hydrogens is 294 g/mol. The minimum atomic E-state index is -0.169. The fraction of sp³-hybridized carbons (Fsp3) is 0.375. The summed E-state index contributed by atoms with van der Waals surface area (Å²) in [5, 5.41) is 13.1. The number of anilines is 1. The van der Waals surface area contributed by atoms with Crippen molar-refractivity contribution in [3.63, 3.8) is 0 Å². The van der Waals surface area contributed by atoms with Crippen LogP contribution in [-0.2, 0) is 22.7 Å². The Labute approximate surface area is 135 Å². The molecule has 0 aliphatic heterocycles. The lowest BCUT2D eigenvalue weighted by Gasteiger charge is -2.05. The van der Waals surface area contributed by atoms with Crippen LogP contribution in [0.15, 0.2) is 30.5 Å². The Hall–Kier alpha value is -2.70. The maximum atomic E-state index is 11.9. The van der Waals surface area contributed by atoms with Gasteiger partial charge in [-0.25, -0.2) is 4.68 Å². The van der Waals surface area contributed by atoms with Gasteiger partial charge in [-0.05, 0) is 12.5 Å². The van der Waals surface area contributed by atoms with Crippen molar-refractivity contribution in [2.24, 2.45) is 5.92 Å². The maximum Gasteiger partial charge on any atom is 0.242 e. The van der Waals surface area contributed by atoms with Gasteiger partial charge in [0.2, 0.25) is 11.8 Å². The molecule has 0 saturated heterocycles. The van der Waals surface area contributed by atoms with Crippen LogP contribution in [0.4, 0.5) is 5.82 Å². The van der Waals surface area contributed by atoms with E-state index in [1.807, 2.05) is 31.2 Å². The quantitative estimate of drug-likeness (QED) is 0.845. The highest BCUT2D eigenvalue weighted by Crippen LogP contribution is 2.04. The number of nitrogens with one attached hydrogen (secondary N) is 2. The zero-order valence-corrected chi connectivity index (χ0v) is 13.5. The molecule has 7 nitrogen and oxygen atoms in total. The van der Waals surface area contributed by atoms with Crippen LogP contribution < -0.4 is 10.6 Å². The lowest BCUT2D eigenvalue weighted by molar-refractivity contribution is -0.122. The molecule has 1 heterocycles. The minimum Gasteiger partial charge on any atom is -0.350 e. The summed E-state index contributed by atoms with van der Waals surface area (Å²) in [6.07, 6.45) is 1.53. The van der Waals surface area contributed by atoms with Crippen molar-refractivity contribution >= 4 is 17.6 Å². The molecule has 2 N–H and O–H groups in total. The molecule has 0 bridgehead atoms. The van der Waals surface area contributed by atoms with Crippen LogP contribution in [-0.4, -0.2) is 26.8 Å². The molecule has 0 aliphatic carbocycles. The average Bonchev–Trinajstić information content (AvgIpc) is 2.93. The summed E-state index contributed by atoms with van der Waals surface area (Å²) in [6, 6.07) is 7.96. The molecule has 0 fully saturated rings. The molecule has 2 aromatic rings. The molecule has 23 heavy (non-hydrogen) atoms. The van der Waals surface area contributed by atoms with Crippen LogP contribution >= 0.6 is 0 Å². The van der Waals surface area contributed by atoms with Crippen molar-refractivity contribution in [3.8, 4) is 0 Å². The predicted molar refractivity (Wildman–Crippen MR) is 86.5 cm³/mol. The van der Waals surface area contributed by atoms with Gasteiger partial charge in [0, 0.05) is 12.5 Å². The number of hydrogen-bond donors (Lipinski definition) is 2. The Morgan fingerprint density at radius 3 is 2.57 bits per heavy atom. The predicted octanol–water partition coefficient (Wildman–Crippen LogP) is 1.50. The molecule has 0 saturated carbocycles. The van der Waals surface area contributed by atoms with Crippen molar-refractivity contribution in [2.75, 3.05) is 5.32 Å². The van der Waals surface area contributed by atoms with Gasteiger partial charge in [0.1, 0.15) is 6.54 Å². The van der Waals surface area contributed by atoms with Crippen LogP contribution in [0.25, 0.3) is 0 Å². The molecule has 2 amide bonds. The monoisotopic (exact) mass is 315 g/mol. The summed E-state index contributed by atoms with van der Waals surface area (Å²) in [4.78, 5) is 23.5. The zero-order chi connectivity index (χ0) is 16.8. The molecule has 1 aromatic carbocycles. The summed E-state index contributed by atoms with van der Waals surface area (Å²) < 4.78 is 1.39. The smallest absolute Gasteiger partial charge is 0.242 e. The molecule has 0 atom stereocenters. The van der Waals surface area contributed by atoms with Crippen molar-refractivity contribution < 1.29 is 9.59 Å². The molecule has 1 aromatic heterocycles. The largest absolute Gasteiger partial charge is 0.350 e. The number of amides is 2. The van der Waals surface area contributed by atoms with E-state index in [4.69, 9.17) is 0 Å². The summed E-state index contributed by atoms with van der Waals surface area (Å²) in [6.45, 7) is 6.11. The number of nitrogens with zero attached hydrogens (tertiary/aromatic N) is 3. The summed E-state index contributed by atoms with van der Waals surface area (Å²) >= 11 is 0. The van der Waals surface area contributed by atoms with Crippen molar-refractivity contribution in [3.05, 3.63) is 41.6 Å². The van der Waals surface area contributed by atoms with Crippen molar-refractivity contribution in [2.45, 2.75) is 33.9 Å². The lowest BCUT2D eigenvalue weighted by Crippen LogP contribution is -2.27. The Morgan fingerprint density at radius 1 is 1.22 bits per heavy atom. The van der Waals surface area contributed by atoms with Gasteiger partial charge < -0.3 is 10.6 Å². The van der Waals surface area contributed by atoms with Gasteiger partial charge in [0.25, 0.3) is 0 Å². The molecule has 7 heteroatoms. The van der Waals surface area contributed by atoms with Crippen LogP contribution in [0.5, 0.6) is 0 Å². The Bertz CT molecular complexity index is 676. The Balaban J connectivity index is 1.82. The van der Waals surface area contributed by atoms with E-state index >= 15 is 0 Å². The maximum absolute atomic E-state index is 11.9. The van der Waals surface area contributed by atoms with Crippen LogP contribution in [0.1, 0.15) is 25.0 Å². The van der Waals surface area contributed by atoms with E-state index < -0.39 is 0 Å². The third kappa shape index (κ3) is 5.21. The molecular formula is C16H21N5O2. The number of rotatable bonds is 6. The van der Waals surface area contributed by atoms with Gasteiger partial charge in [-0.2, -0.15) is 0 Å². The number of carbonyl (C=O) groups excluding carboxylic acids is 2. The van der Waals surface area contributed by atoms with Gasteiger partial charge in [0.05, 0.1) is 6.20 Å². The number of aromatic nitrogens is 3. The molecule has 0 spiro atoms. The third-order valence-electron chi connectivity index (χ3n) is 3.23. The minimum absolute atomic E-state index is 0.0520. The van der Waals surface area contributed by atoms with E-state index in [9.17, 15) is 9.59 Å². The first-order valence-corrected chi connectivity index (χ1v) is 7.47. The molecule has 0 radical (unpaired) electrons. The summed E-state index contributed by atoms with van der Waals surface area (Å²) in [5.41, 5.74) is 2.21. The van der Waals surface area contributed by atoms with E-state index in [1.54, 1.807) is 13.8 Å². The SMILES string of the molecule is Cc1ccc(CNC(=O)Cn2cc(NC(=O)C(C)C)nn2)cc1. The fourth-order valence-corrected chi connectivity index (χ4v) is 1.81. The standard InChI is InChI=1S/C16H21N5O2/c1-11(2)16(23)18-14-9-21(20-19-14)10-15(22)17-8-13-6-4-12(3)5-7-13/h4-7,9,11H,8,10H2,1-3H3,(H,17,22)(H,18,23). The molecule has 0 unspecified atom stereocenters. The number of carbonyl (C=O) groups is 2. The summed E-state index contributed by atoms with van der Waals surface area (Å²) in [5.74, 6) is -0.105. The highest BCUT2D eigenvalue weighted by molar-refractivity contribution is 5.90. The highest BCUT2D eigenvalue weighted by Gasteiger charge is 2.11. The normalized spacial score (nSPS) is 10.6. The van der Waals surface area contributed by atoms with Crippen LogP contribution in [0, 0.1) is 12.8 Å². The van der Waals surface area contributed by atoms with Gasteiger partial charge in [-0.3, -0.25) is 9.59 Å². The topological polar surface area (TPSA) is 88.9 Å². The number of hydrogen-bond acceptors (Lipinski definition) is 4. The van der Waals surface area contributed by atoms with E-state index in [0.29, 0.717) is 12.4 Å². The average molecular weight is 315 g/mol. The van der Waals surface area contributed by atoms with Gasteiger partial charge >= 0.3 is 0 Å². The Morgan fingerprint density at radius 2 is 1.91 bits per heavy atom. The van der Waals surface area contributed by atoms with Crippen LogP contribution in [0.3, 0.4) is 0 Å². The molecule has 122 valence electrons. The second-order valence-electron chi connectivity index (χ2n) is 5.71. The highest BCUT2D eigenvalue weighted by atomic mass is 16.2. The van der Waals surface area contributed by atoms with Gasteiger partial charge in [-0.15, -0.1) is 5.10 Å². The second-order valence-corrected chi connectivity index (χ2v) is 5.71. The third-order valence-corrected chi connectivity index (χ3v) is 3.23. The summed E-state index contributed by atoms with van der Waals surface area (Å²) in [7, 11) is 0. The fourth-order valence-electron chi connectivity index (χ4n) is 1.81. The first kappa shape index (κ1) is 16.7.